The number of esters is 1. The Balaban J connectivity index is 2.16. The van der Waals surface area contributed by atoms with Gasteiger partial charge in [-0.25, -0.2) is 4.79 Å². The summed E-state index contributed by atoms with van der Waals surface area (Å²) >= 11 is 1.76. The average Bonchev–Trinajstić information content (AvgIpc) is 2.19. The van der Waals surface area contributed by atoms with E-state index in [9.17, 15) is 4.79 Å². The molecule has 0 spiro atoms. The van der Waals surface area contributed by atoms with Crippen LogP contribution < -0.4 is 0 Å². The van der Waals surface area contributed by atoms with Gasteiger partial charge in [0.15, 0.2) is 0 Å². The van der Waals surface area contributed by atoms with Gasteiger partial charge in [0.2, 0.25) is 0 Å². The van der Waals surface area contributed by atoms with Crippen LogP contribution in [-0.2, 0) is 9.53 Å². The van der Waals surface area contributed by atoms with E-state index in [1.54, 1.807) is 11.8 Å². The molecule has 0 unspecified atom stereocenters. The summed E-state index contributed by atoms with van der Waals surface area (Å²) in [5, 5.41) is 2.58. The second kappa shape index (κ2) is 6.08. The van der Waals surface area contributed by atoms with Gasteiger partial charge in [0.05, 0.1) is 7.11 Å². The average molecular weight is 200 g/mol. The molecule has 0 heterocycles. The number of hydrogen-bond donors (Lipinski definition) is 0. The maximum absolute atomic E-state index is 10.7. The first-order chi connectivity index (χ1) is 6.33. The van der Waals surface area contributed by atoms with E-state index in [0.29, 0.717) is 0 Å². The molecule has 1 aliphatic carbocycles. The summed E-state index contributed by atoms with van der Waals surface area (Å²) in [4.78, 5) is 10.7. The van der Waals surface area contributed by atoms with Crippen molar-refractivity contribution in [3.63, 3.8) is 0 Å². The van der Waals surface area contributed by atoms with Crippen molar-refractivity contribution >= 4 is 17.7 Å². The number of ether oxygens (including phenoxy) is 1. The third kappa shape index (κ3) is 4.36. The van der Waals surface area contributed by atoms with Crippen molar-refractivity contribution in [3.05, 3.63) is 11.5 Å². The minimum absolute atomic E-state index is 0.261. The van der Waals surface area contributed by atoms with Gasteiger partial charge in [0.1, 0.15) is 0 Å². The molecule has 0 aromatic rings. The summed E-state index contributed by atoms with van der Waals surface area (Å²) in [6.45, 7) is 0. The molecule has 1 aliphatic rings. The van der Waals surface area contributed by atoms with E-state index < -0.39 is 0 Å². The molecule has 74 valence electrons. The van der Waals surface area contributed by atoms with Crippen LogP contribution in [0.5, 0.6) is 0 Å². The van der Waals surface area contributed by atoms with Crippen LogP contribution in [0.4, 0.5) is 0 Å². The minimum Gasteiger partial charge on any atom is -0.466 e. The number of hydrogen-bond acceptors (Lipinski definition) is 3. The normalized spacial score (nSPS) is 19.2. The van der Waals surface area contributed by atoms with E-state index in [2.05, 4.69) is 4.74 Å². The smallest absolute Gasteiger partial charge is 0.330 e. The Kier molecular flexibility index (Phi) is 4.98. The predicted molar refractivity (Wildman–Crippen MR) is 55.6 cm³/mol. The molecule has 1 rings (SSSR count). The van der Waals surface area contributed by atoms with Gasteiger partial charge in [-0.05, 0) is 18.2 Å². The molecule has 2 nitrogen and oxygen atoms in total. The van der Waals surface area contributed by atoms with Gasteiger partial charge in [-0.2, -0.15) is 0 Å². The van der Waals surface area contributed by atoms with Gasteiger partial charge in [-0.3, -0.25) is 0 Å². The SMILES string of the molecule is COC(=O)/C=C/SC1CCCCC1. The van der Waals surface area contributed by atoms with Crippen LogP contribution in [0.15, 0.2) is 11.5 Å². The summed E-state index contributed by atoms with van der Waals surface area (Å²) in [5.41, 5.74) is 0. The molecule has 0 aliphatic heterocycles. The summed E-state index contributed by atoms with van der Waals surface area (Å²) in [5.74, 6) is -0.261. The molecular weight excluding hydrogens is 184 g/mol. The molecule has 0 N–H and O–H groups in total. The molecule has 0 amide bonds. The predicted octanol–water partition coefficient (Wildman–Crippen LogP) is 2.74. The van der Waals surface area contributed by atoms with Crippen molar-refractivity contribution in [2.75, 3.05) is 7.11 Å². The van der Waals surface area contributed by atoms with Gasteiger partial charge in [-0.1, -0.05) is 19.3 Å². The Hall–Kier alpha value is -0.440. The standard InChI is InChI=1S/C10H16O2S/c1-12-10(11)7-8-13-9-5-3-2-4-6-9/h7-9H,2-6H2,1H3/b8-7+. The van der Waals surface area contributed by atoms with Crippen LogP contribution in [-0.4, -0.2) is 18.3 Å². The first kappa shape index (κ1) is 10.6. The van der Waals surface area contributed by atoms with E-state index in [0.717, 1.165) is 5.25 Å². The molecule has 0 radical (unpaired) electrons. The fourth-order valence-electron chi connectivity index (χ4n) is 1.48. The van der Waals surface area contributed by atoms with Crippen molar-refractivity contribution in [1.82, 2.24) is 0 Å². The number of thioether (sulfide) groups is 1. The quantitative estimate of drug-likeness (QED) is 0.517. The molecule has 0 aromatic heterocycles. The number of methoxy groups -OCH3 is 1. The minimum atomic E-state index is -0.261. The fraction of sp³-hybridized carbons (Fsp3) is 0.700. The van der Waals surface area contributed by atoms with Gasteiger partial charge in [-0.15, -0.1) is 11.8 Å². The Morgan fingerprint density at radius 1 is 1.38 bits per heavy atom. The van der Waals surface area contributed by atoms with Crippen LogP contribution in [0.25, 0.3) is 0 Å². The lowest BCUT2D eigenvalue weighted by atomic mass is 10.0. The van der Waals surface area contributed by atoms with Crippen molar-refractivity contribution in [1.29, 1.82) is 0 Å². The first-order valence-corrected chi connectivity index (χ1v) is 5.67. The molecule has 0 aromatic carbocycles. The topological polar surface area (TPSA) is 26.3 Å². The van der Waals surface area contributed by atoms with Crippen molar-refractivity contribution in [2.24, 2.45) is 0 Å². The van der Waals surface area contributed by atoms with Crippen LogP contribution in [0.3, 0.4) is 0 Å². The van der Waals surface area contributed by atoms with E-state index >= 15 is 0 Å². The summed E-state index contributed by atoms with van der Waals surface area (Å²) in [7, 11) is 1.40. The summed E-state index contributed by atoms with van der Waals surface area (Å²) in [6, 6.07) is 0. The molecule has 0 saturated heterocycles. The van der Waals surface area contributed by atoms with E-state index in [-0.39, 0.29) is 5.97 Å². The third-order valence-corrected chi connectivity index (χ3v) is 3.38. The number of rotatable bonds is 3. The van der Waals surface area contributed by atoms with Gasteiger partial charge < -0.3 is 4.74 Å². The molecule has 3 heteroatoms. The lowest BCUT2D eigenvalue weighted by Crippen LogP contribution is -2.06. The summed E-state index contributed by atoms with van der Waals surface area (Å²) in [6.07, 6.45) is 8.12. The molecule has 1 fully saturated rings. The van der Waals surface area contributed by atoms with Gasteiger partial charge in [0, 0.05) is 11.3 Å². The first-order valence-electron chi connectivity index (χ1n) is 4.73. The largest absolute Gasteiger partial charge is 0.466 e. The zero-order chi connectivity index (χ0) is 9.52. The third-order valence-electron chi connectivity index (χ3n) is 2.23. The highest BCUT2D eigenvalue weighted by atomic mass is 32.2. The van der Waals surface area contributed by atoms with E-state index in [4.69, 9.17) is 0 Å². The van der Waals surface area contributed by atoms with Crippen LogP contribution >= 0.6 is 11.8 Å². The highest BCUT2D eigenvalue weighted by Gasteiger charge is 2.11. The highest BCUT2D eigenvalue weighted by molar-refractivity contribution is 8.02. The fourth-order valence-corrected chi connectivity index (χ4v) is 2.49. The lowest BCUT2D eigenvalue weighted by molar-refractivity contribution is -0.134. The lowest BCUT2D eigenvalue weighted by Gasteiger charge is -2.18. The van der Waals surface area contributed by atoms with E-state index in [1.807, 2.05) is 5.41 Å². The Bertz CT molecular complexity index is 183. The zero-order valence-electron chi connectivity index (χ0n) is 7.99. The zero-order valence-corrected chi connectivity index (χ0v) is 8.81. The highest BCUT2D eigenvalue weighted by Crippen LogP contribution is 2.28. The van der Waals surface area contributed by atoms with E-state index in [1.165, 1.54) is 45.3 Å². The van der Waals surface area contributed by atoms with Crippen molar-refractivity contribution in [3.8, 4) is 0 Å². The second-order valence-electron chi connectivity index (χ2n) is 3.22. The molecule has 0 atom stereocenters. The monoisotopic (exact) mass is 200 g/mol. The maximum Gasteiger partial charge on any atom is 0.330 e. The number of carbonyl (C=O) groups is 1. The number of carbonyl (C=O) groups excluding carboxylic acids is 1. The van der Waals surface area contributed by atoms with Crippen LogP contribution in [0.1, 0.15) is 32.1 Å². The van der Waals surface area contributed by atoms with Crippen LogP contribution in [0.2, 0.25) is 0 Å². The van der Waals surface area contributed by atoms with Gasteiger partial charge >= 0.3 is 5.97 Å². The van der Waals surface area contributed by atoms with Crippen molar-refractivity contribution in [2.45, 2.75) is 37.4 Å². The molecule has 0 bridgehead atoms. The molecule has 13 heavy (non-hydrogen) atoms. The second-order valence-corrected chi connectivity index (χ2v) is 4.43. The Labute approximate surface area is 83.7 Å². The summed E-state index contributed by atoms with van der Waals surface area (Å²) < 4.78 is 4.50. The van der Waals surface area contributed by atoms with Crippen LogP contribution in [0, 0.1) is 0 Å². The Morgan fingerprint density at radius 3 is 2.69 bits per heavy atom. The molecule has 1 saturated carbocycles. The van der Waals surface area contributed by atoms with Crippen molar-refractivity contribution < 1.29 is 9.53 Å². The molecular formula is C10H16O2S. The Morgan fingerprint density at radius 2 is 2.08 bits per heavy atom. The maximum atomic E-state index is 10.7. The van der Waals surface area contributed by atoms with Gasteiger partial charge in [0.25, 0.3) is 0 Å².